The van der Waals surface area contributed by atoms with Gasteiger partial charge in [-0.3, -0.25) is 0 Å². The molecule has 1 aromatic heterocycles. The number of para-hydroxylation sites is 2. The fraction of sp³-hybridized carbons (Fsp3) is 0.269. The summed E-state index contributed by atoms with van der Waals surface area (Å²) in [6, 6.07) is 25.3. The van der Waals surface area contributed by atoms with E-state index in [0.717, 1.165) is 29.2 Å². The Balaban J connectivity index is 1.63. The summed E-state index contributed by atoms with van der Waals surface area (Å²) in [6.45, 7) is 10.0. The first kappa shape index (κ1) is 19.3. The molecule has 3 heteroatoms. The monoisotopic (exact) mass is 384 g/mol. The van der Waals surface area contributed by atoms with E-state index in [4.69, 9.17) is 9.72 Å². The van der Waals surface area contributed by atoms with Gasteiger partial charge in [-0.2, -0.15) is 0 Å². The molecular weight excluding hydrogens is 356 g/mol. The lowest BCUT2D eigenvalue weighted by Crippen LogP contribution is -2.11. The van der Waals surface area contributed by atoms with Gasteiger partial charge in [-0.05, 0) is 53.3 Å². The van der Waals surface area contributed by atoms with Gasteiger partial charge in [-0.25, -0.2) is 4.98 Å². The zero-order valence-corrected chi connectivity index (χ0v) is 17.6. The second-order valence-electron chi connectivity index (χ2n) is 8.65. The number of aryl methyl sites for hydroxylation is 1. The lowest BCUT2D eigenvalue weighted by molar-refractivity contribution is 0.291. The third-order valence-electron chi connectivity index (χ3n) is 5.25. The van der Waals surface area contributed by atoms with Gasteiger partial charge in [0.2, 0.25) is 0 Å². The van der Waals surface area contributed by atoms with Gasteiger partial charge in [-0.15, -0.1) is 0 Å². The maximum absolute atomic E-state index is 6.06. The van der Waals surface area contributed by atoms with E-state index in [2.05, 4.69) is 86.9 Å². The minimum atomic E-state index is 0.160. The molecule has 3 nitrogen and oxygen atoms in total. The van der Waals surface area contributed by atoms with Crippen LogP contribution in [-0.2, 0) is 18.6 Å². The molecule has 0 N–H and O–H groups in total. The molecular formula is C26H28N2O. The zero-order valence-electron chi connectivity index (χ0n) is 17.6. The Labute approximate surface area is 173 Å². The molecule has 0 saturated heterocycles. The Hall–Kier alpha value is -3.07. The normalized spacial score (nSPS) is 11.7. The van der Waals surface area contributed by atoms with Crippen molar-refractivity contribution in [2.75, 3.05) is 0 Å². The van der Waals surface area contributed by atoms with Gasteiger partial charge in [0.05, 0.1) is 11.0 Å². The summed E-state index contributed by atoms with van der Waals surface area (Å²) in [5.41, 5.74) is 6.09. The molecule has 148 valence electrons. The molecule has 0 atom stereocenters. The van der Waals surface area contributed by atoms with Crippen LogP contribution in [0.25, 0.3) is 11.0 Å². The Morgan fingerprint density at radius 3 is 2.38 bits per heavy atom. The van der Waals surface area contributed by atoms with Crippen LogP contribution in [0.2, 0.25) is 0 Å². The molecule has 0 saturated carbocycles. The smallest absolute Gasteiger partial charge is 0.148 e. The average Bonchev–Trinajstić information content (AvgIpc) is 3.04. The molecule has 29 heavy (non-hydrogen) atoms. The van der Waals surface area contributed by atoms with Gasteiger partial charge in [0, 0.05) is 6.54 Å². The minimum absolute atomic E-state index is 0.160. The highest BCUT2D eigenvalue weighted by Gasteiger charge is 2.15. The summed E-state index contributed by atoms with van der Waals surface area (Å²) in [4.78, 5) is 4.84. The Morgan fingerprint density at radius 1 is 0.897 bits per heavy atom. The van der Waals surface area contributed by atoms with E-state index in [1.807, 2.05) is 18.2 Å². The predicted molar refractivity (Wildman–Crippen MR) is 119 cm³/mol. The van der Waals surface area contributed by atoms with Crippen molar-refractivity contribution >= 4 is 11.0 Å². The molecule has 4 rings (SSSR count). The predicted octanol–water partition coefficient (Wildman–Crippen LogP) is 6.27. The highest BCUT2D eigenvalue weighted by atomic mass is 16.5. The van der Waals surface area contributed by atoms with Crippen LogP contribution in [0.1, 0.15) is 43.3 Å². The van der Waals surface area contributed by atoms with E-state index in [-0.39, 0.29) is 5.41 Å². The maximum Gasteiger partial charge on any atom is 0.148 e. The molecule has 0 spiro atoms. The first-order valence-electron chi connectivity index (χ1n) is 10.1. The number of aromatic nitrogens is 2. The van der Waals surface area contributed by atoms with Crippen LogP contribution in [0.3, 0.4) is 0 Å². The third kappa shape index (κ3) is 4.34. The van der Waals surface area contributed by atoms with Crippen LogP contribution in [-0.4, -0.2) is 9.55 Å². The van der Waals surface area contributed by atoms with Crippen LogP contribution in [0.4, 0.5) is 0 Å². The molecule has 0 aliphatic heterocycles. The van der Waals surface area contributed by atoms with Crippen LogP contribution >= 0.6 is 0 Å². The number of ether oxygens (including phenoxy) is 1. The summed E-state index contributed by atoms with van der Waals surface area (Å²) in [5.74, 6) is 1.81. The molecule has 4 aromatic rings. The number of nitrogens with zero attached hydrogens (tertiary/aromatic N) is 2. The summed E-state index contributed by atoms with van der Waals surface area (Å²) in [5, 5.41) is 0. The second kappa shape index (κ2) is 7.75. The average molecular weight is 385 g/mol. The quantitative estimate of drug-likeness (QED) is 0.405. The molecule has 1 heterocycles. The van der Waals surface area contributed by atoms with Gasteiger partial charge < -0.3 is 9.30 Å². The van der Waals surface area contributed by atoms with Crippen LogP contribution in [0.15, 0.2) is 72.8 Å². The lowest BCUT2D eigenvalue weighted by atomic mass is 9.87. The molecule has 0 unspecified atom stereocenters. The van der Waals surface area contributed by atoms with Crippen molar-refractivity contribution in [3.05, 3.63) is 95.3 Å². The highest BCUT2D eigenvalue weighted by Crippen LogP contribution is 2.24. The van der Waals surface area contributed by atoms with Gasteiger partial charge in [0.25, 0.3) is 0 Å². The summed E-state index contributed by atoms with van der Waals surface area (Å²) < 4.78 is 8.32. The number of imidazole rings is 1. The topological polar surface area (TPSA) is 27.1 Å². The molecule has 3 aromatic carbocycles. The number of fused-ring (bicyclic) bond motifs is 1. The van der Waals surface area contributed by atoms with E-state index < -0.39 is 0 Å². The second-order valence-corrected chi connectivity index (χ2v) is 8.65. The largest absolute Gasteiger partial charge is 0.486 e. The minimum Gasteiger partial charge on any atom is -0.486 e. The number of hydrogen-bond donors (Lipinski definition) is 0. The third-order valence-corrected chi connectivity index (χ3v) is 5.25. The van der Waals surface area contributed by atoms with Crippen molar-refractivity contribution in [2.24, 2.45) is 0 Å². The molecule has 0 amide bonds. The molecule has 0 bridgehead atoms. The van der Waals surface area contributed by atoms with E-state index in [0.29, 0.717) is 6.61 Å². The fourth-order valence-corrected chi connectivity index (χ4v) is 3.56. The standard InChI is InChI=1S/C26H28N2O/c1-19-8-7-9-22(16-19)29-18-25-27-23-10-5-6-11-24(23)28(25)17-20-12-14-21(15-13-20)26(2,3)4/h5-16H,17-18H2,1-4H3. The van der Waals surface area contributed by atoms with E-state index in [1.165, 1.54) is 16.7 Å². The van der Waals surface area contributed by atoms with Crippen molar-refractivity contribution in [1.29, 1.82) is 0 Å². The Kier molecular flexibility index (Phi) is 5.14. The van der Waals surface area contributed by atoms with Crippen LogP contribution in [0, 0.1) is 6.92 Å². The fourth-order valence-electron chi connectivity index (χ4n) is 3.56. The van der Waals surface area contributed by atoms with Crippen molar-refractivity contribution < 1.29 is 4.74 Å². The van der Waals surface area contributed by atoms with Crippen molar-refractivity contribution in [2.45, 2.75) is 46.3 Å². The highest BCUT2D eigenvalue weighted by molar-refractivity contribution is 5.76. The number of benzene rings is 3. The molecule has 0 aliphatic carbocycles. The van der Waals surface area contributed by atoms with Gasteiger partial charge in [-0.1, -0.05) is 69.3 Å². The number of hydrogen-bond acceptors (Lipinski definition) is 2. The molecule has 0 fully saturated rings. The lowest BCUT2D eigenvalue weighted by Gasteiger charge is -2.19. The van der Waals surface area contributed by atoms with Gasteiger partial charge >= 0.3 is 0 Å². The van der Waals surface area contributed by atoms with E-state index in [1.54, 1.807) is 0 Å². The maximum atomic E-state index is 6.06. The Bertz CT molecular complexity index is 1120. The first-order valence-corrected chi connectivity index (χ1v) is 10.1. The molecule has 0 radical (unpaired) electrons. The van der Waals surface area contributed by atoms with Crippen molar-refractivity contribution in [3.63, 3.8) is 0 Å². The summed E-state index contributed by atoms with van der Waals surface area (Å²) >= 11 is 0. The van der Waals surface area contributed by atoms with Crippen molar-refractivity contribution in [1.82, 2.24) is 9.55 Å². The SMILES string of the molecule is Cc1cccc(OCc2nc3ccccc3n2Cc2ccc(C(C)(C)C)cc2)c1. The van der Waals surface area contributed by atoms with Crippen molar-refractivity contribution in [3.8, 4) is 5.75 Å². The Morgan fingerprint density at radius 2 is 1.66 bits per heavy atom. The summed E-state index contributed by atoms with van der Waals surface area (Å²) in [7, 11) is 0. The van der Waals surface area contributed by atoms with E-state index in [9.17, 15) is 0 Å². The zero-order chi connectivity index (χ0) is 20.4. The molecule has 0 aliphatic rings. The van der Waals surface area contributed by atoms with Gasteiger partial charge in [0.15, 0.2) is 0 Å². The van der Waals surface area contributed by atoms with Gasteiger partial charge in [0.1, 0.15) is 18.2 Å². The van der Waals surface area contributed by atoms with E-state index >= 15 is 0 Å². The van der Waals surface area contributed by atoms with Crippen LogP contribution in [0.5, 0.6) is 5.75 Å². The van der Waals surface area contributed by atoms with Crippen LogP contribution < -0.4 is 4.74 Å². The summed E-state index contributed by atoms with van der Waals surface area (Å²) in [6.07, 6.45) is 0. The number of rotatable bonds is 5. The first-order chi connectivity index (χ1) is 13.9.